The molecule has 1 aromatic heterocycles. The molecule has 0 fully saturated rings. The van der Waals surface area contributed by atoms with Crippen molar-refractivity contribution in [1.29, 1.82) is 0 Å². The predicted octanol–water partition coefficient (Wildman–Crippen LogP) is 5.79. The largest absolute Gasteiger partial charge is 0.355 e. The fourth-order valence-corrected chi connectivity index (χ4v) is 8.01. The highest BCUT2D eigenvalue weighted by Crippen LogP contribution is 2.33. The molecule has 0 atom stereocenters. The van der Waals surface area contributed by atoms with Gasteiger partial charge in [0.05, 0.1) is 0 Å². The van der Waals surface area contributed by atoms with Gasteiger partial charge in [0.1, 0.15) is 8.07 Å². The summed E-state index contributed by atoms with van der Waals surface area (Å²) in [7, 11) is -1.64. The Balaban J connectivity index is 1.55. The topological polar surface area (TPSA) is 15.8 Å². The normalized spacial score (nSPS) is 14.4. The fraction of sp³-hybridized carbons (Fsp3) is 0.0769. The van der Waals surface area contributed by atoms with Gasteiger partial charge in [-0.3, -0.25) is 0 Å². The number of rotatable bonds is 1. The van der Waals surface area contributed by atoms with E-state index in [1.165, 1.54) is 44.1 Å². The zero-order valence-electron chi connectivity index (χ0n) is 16.1. The van der Waals surface area contributed by atoms with Crippen LogP contribution < -0.4 is 10.4 Å². The Kier molecular flexibility index (Phi) is 3.10. The molecule has 1 nitrogen and oxygen atoms in total. The maximum absolute atomic E-state index is 3.53. The van der Waals surface area contributed by atoms with Crippen LogP contribution in [0.25, 0.3) is 44.1 Å². The van der Waals surface area contributed by atoms with Crippen molar-refractivity contribution in [3.8, 4) is 22.3 Å². The first-order chi connectivity index (χ1) is 13.6. The van der Waals surface area contributed by atoms with Crippen LogP contribution in [-0.2, 0) is 0 Å². The third-order valence-corrected chi connectivity index (χ3v) is 9.97. The molecule has 1 aliphatic heterocycles. The summed E-state index contributed by atoms with van der Waals surface area (Å²) in [6.07, 6.45) is 0. The molecule has 0 bridgehead atoms. The van der Waals surface area contributed by atoms with Gasteiger partial charge < -0.3 is 4.98 Å². The lowest BCUT2D eigenvalue weighted by molar-refractivity contribution is 1.54. The van der Waals surface area contributed by atoms with Gasteiger partial charge in [0.2, 0.25) is 0 Å². The van der Waals surface area contributed by atoms with Gasteiger partial charge in [-0.1, -0.05) is 79.8 Å². The van der Waals surface area contributed by atoms with Crippen molar-refractivity contribution in [3.63, 3.8) is 0 Å². The number of aromatic amines is 1. The molecule has 2 heteroatoms. The molecule has 0 saturated carbocycles. The van der Waals surface area contributed by atoms with Gasteiger partial charge in [-0.25, -0.2) is 0 Å². The molecule has 4 aromatic carbocycles. The average Bonchev–Trinajstić information content (AvgIpc) is 3.21. The minimum absolute atomic E-state index is 1.20. The number of benzene rings is 4. The summed E-state index contributed by atoms with van der Waals surface area (Å²) in [5.41, 5.74) is 7.89. The van der Waals surface area contributed by atoms with Crippen molar-refractivity contribution in [2.45, 2.75) is 13.1 Å². The molecular weight excluding hydrogens is 354 g/mol. The molecule has 6 rings (SSSR count). The van der Waals surface area contributed by atoms with Gasteiger partial charge in [0.25, 0.3) is 0 Å². The van der Waals surface area contributed by atoms with Crippen molar-refractivity contribution >= 4 is 40.3 Å². The van der Waals surface area contributed by atoms with Crippen LogP contribution in [0.5, 0.6) is 0 Å². The Morgan fingerprint density at radius 2 is 1.25 bits per heavy atom. The van der Waals surface area contributed by atoms with Crippen molar-refractivity contribution < 1.29 is 0 Å². The number of H-pyrrole nitrogens is 1. The maximum Gasteiger partial charge on any atom is 0.113 e. The predicted molar refractivity (Wildman–Crippen MR) is 123 cm³/mol. The molecule has 1 aliphatic rings. The highest BCUT2D eigenvalue weighted by molar-refractivity contribution is 7.03. The second-order valence-electron chi connectivity index (χ2n) is 8.36. The van der Waals surface area contributed by atoms with E-state index in [1.807, 2.05) is 0 Å². The second kappa shape index (κ2) is 5.46. The van der Waals surface area contributed by atoms with Crippen LogP contribution in [0.15, 0.2) is 84.9 Å². The van der Waals surface area contributed by atoms with Crippen LogP contribution in [0.2, 0.25) is 13.1 Å². The Morgan fingerprint density at radius 1 is 0.571 bits per heavy atom. The van der Waals surface area contributed by atoms with Crippen LogP contribution in [-0.4, -0.2) is 13.1 Å². The van der Waals surface area contributed by atoms with Gasteiger partial charge in [-0.05, 0) is 50.8 Å². The van der Waals surface area contributed by atoms with Gasteiger partial charge in [0, 0.05) is 21.8 Å². The molecule has 0 unspecified atom stereocenters. The van der Waals surface area contributed by atoms with Gasteiger partial charge in [0.15, 0.2) is 0 Å². The summed E-state index contributed by atoms with van der Waals surface area (Å²) in [6.45, 7) is 4.95. The fourth-order valence-electron chi connectivity index (χ4n) is 4.91. The lowest BCUT2D eigenvalue weighted by Gasteiger charge is -2.19. The van der Waals surface area contributed by atoms with Gasteiger partial charge in [-0.15, -0.1) is 0 Å². The van der Waals surface area contributed by atoms with E-state index in [0.717, 1.165) is 0 Å². The van der Waals surface area contributed by atoms with Crippen molar-refractivity contribution in [2.24, 2.45) is 0 Å². The van der Waals surface area contributed by atoms with Crippen LogP contribution in [0.4, 0.5) is 0 Å². The number of aromatic nitrogens is 1. The van der Waals surface area contributed by atoms with E-state index in [-0.39, 0.29) is 0 Å². The van der Waals surface area contributed by atoms with Crippen molar-refractivity contribution in [1.82, 2.24) is 4.98 Å². The third kappa shape index (κ3) is 2.07. The molecule has 1 N–H and O–H groups in total. The zero-order valence-corrected chi connectivity index (χ0v) is 17.1. The molecule has 0 radical (unpaired) electrons. The van der Waals surface area contributed by atoms with E-state index in [1.54, 1.807) is 10.4 Å². The van der Waals surface area contributed by atoms with E-state index < -0.39 is 8.07 Å². The molecule has 2 heterocycles. The first-order valence-corrected chi connectivity index (χ1v) is 12.9. The summed E-state index contributed by atoms with van der Waals surface area (Å²) < 4.78 is 0. The third-order valence-electron chi connectivity index (χ3n) is 6.42. The summed E-state index contributed by atoms with van der Waals surface area (Å²) >= 11 is 0. The van der Waals surface area contributed by atoms with E-state index >= 15 is 0 Å². The highest BCUT2D eigenvalue weighted by Gasteiger charge is 2.37. The summed E-state index contributed by atoms with van der Waals surface area (Å²) in [6, 6.07) is 31.4. The number of fused-ring (bicyclic) bond motifs is 6. The quantitative estimate of drug-likeness (QED) is 0.357. The monoisotopic (exact) mass is 375 g/mol. The van der Waals surface area contributed by atoms with E-state index in [0.29, 0.717) is 0 Å². The van der Waals surface area contributed by atoms with Crippen LogP contribution >= 0.6 is 0 Å². The number of hydrogen-bond donors (Lipinski definition) is 1. The molecule has 0 saturated heterocycles. The highest BCUT2D eigenvalue weighted by atomic mass is 28.3. The Labute approximate surface area is 165 Å². The molecule has 134 valence electrons. The molecular formula is C26H21NSi. The van der Waals surface area contributed by atoms with Crippen LogP contribution in [0.3, 0.4) is 0 Å². The van der Waals surface area contributed by atoms with E-state index in [2.05, 4.69) is 103 Å². The maximum atomic E-state index is 3.53. The summed E-state index contributed by atoms with van der Waals surface area (Å²) in [5.74, 6) is 0. The summed E-state index contributed by atoms with van der Waals surface area (Å²) in [4.78, 5) is 3.53. The standard InChI is InChI=1S/C26H21NSi/c1-28(2)25-10-6-4-8-20(25)21-13-11-18(16-26(21)28)17-12-14-24-22(15-17)19-7-3-5-9-23(19)27-24/h3-16,27H,1-2H3. The lowest BCUT2D eigenvalue weighted by atomic mass is 9.99. The van der Waals surface area contributed by atoms with E-state index in [4.69, 9.17) is 0 Å². The molecule has 28 heavy (non-hydrogen) atoms. The van der Waals surface area contributed by atoms with Crippen LogP contribution in [0.1, 0.15) is 0 Å². The Hall–Kier alpha value is -3.10. The number of hydrogen-bond acceptors (Lipinski definition) is 0. The van der Waals surface area contributed by atoms with E-state index in [9.17, 15) is 0 Å². The van der Waals surface area contributed by atoms with Crippen molar-refractivity contribution in [2.75, 3.05) is 0 Å². The first kappa shape index (κ1) is 15.9. The molecule has 0 amide bonds. The average molecular weight is 376 g/mol. The second-order valence-corrected chi connectivity index (χ2v) is 12.7. The minimum atomic E-state index is -1.64. The molecule has 0 spiro atoms. The van der Waals surface area contributed by atoms with Gasteiger partial charge in [-0.2, -0.15) is 0 Å². The Morgan fingerprint density at radius 3 is 2.18 bits per heavy atom. The first-order valence-electron chi connectivity index (χ1n) is 9.88. The molecule has 0 aliphatic carbocycles. The smallest absolute Gasteiger partial charge is 0.113 e. The molecule has 5 aromatic rings. The number of para-hydroxylation sites is 1. The zero-order chi connectivity index (χ0) is 18.9. The van der Waals surface area contributed by atoms with Gasteiger partial charge >= 0.3 is 0 Å². The lowest BCUT2D eigenvalue weighted by Crippen LogP contribution is -2.49. The van der Waals surface area contributed by atoms with Crippen LogP contribution in [0, 0.1) is 0 Å². The van der Waals surface area contributed by atoms with Crippen molar-refractivity contribution in [3.05, 3.63) is 84.9 Å². The SMILES string of the molecule is C[Si]1(C)c2ccccc2-c2ccc(-c3ccc4[nH]c5ccccc5c4c3)cc21. The summed E-state index contributed by atoms with van der Waals surface area (Å²) in [5, 5.41) is 5.72. The number of nitrogens with one attached hydrogen (secondary N) is 1. The minimum Gasteiger partial charge on any atom is -0.355 e. The Bertz CT molecular complexity index is 1390.